The quantitative estimate of drug-likeness (QED) is 0.849. The number of hydrogen-bond donors (Lipinski definition) is 0. The van der Waals surface area contributed by atoms with Crippen molar-refractivity contribution in [2.75, 3.05) is 31.1 Å². The van der Waals surface area contributed by atoms with Gasteiger partial charge in [0.1, 0.15) is 5.52 Å². The number of aromatic nitrogens is 2. The summed E-state index contributed by atoms with van der Waals surface area (Å²) < 4.78 is 1.17. The van der Waals surface area contributed by atoms with Crippen LogP contribution in [0.2, 0.25) is 0 Å². The lowest BCUT2D eigenvalue weighted by atomic mass is 9.96. The molecule has 0 aliphatic carbocycles. The Kier molecular flexibility index (Phi) is 4.16. The summed E-state index contributed by atoms with van der Waals surface area (Å²) in [6.07, 6.45) is 9.29. The Morgan fingerprint density at radius 2 is 2.04 bits per heavy atom. The topological polar surface area (TPSA) is 49.3 Å². The summed E-state index contributed by atoms with van der Waals surface area (Å²) in [5.74, 6) is 0.490. The molecule has 2 saturated heterocycles. The van der Waals surface area contributed by atoms with Crippen LogP contribution in [0.4, 0.5) is 5.13 Å². The number of carbonyl (C=O) groups excluding carboxylic acids is 1. The molecule has 0 saturated carbocycles. The van der Waals surface area contributed by atoms with E-state index in [4.69, 9.17) is 4.98 Å². The van der Waals surface area contributed by atoms with Crippen LogP contribution >= 0.6 is 11.3 Å². The van der Waals surface area contributed by atoms with Gasteiger partial charge in [-0.25, -0.2) is 4.98 Å². The van der Waals surface area contributed by atoms with Gasteiger partial charge in [-0.2, -0.15) is 0 Å². The second-order valence-electron chi connectivity index (χ2n) is 6.51. The van der Waals surface area contributed by atoms with Crippen LogP contribution in [0.3, 0.4) is 0 Å². The zero-order valence-corrected chi connectivity index (χ0v) is 14.1. The smallest absolute Gasteiger partial charge is 0.227 e. The molecule has 23 heavy (non-hydrogen) atoms. The Labute approximate surface area is 140 Å². The first-order valence-corrected chi connectivity index (χ1v) is 9.37. The number of hydrogen-bond acceptors (Lipinski definition) is 5. The lowest BCUT2D eigenvalue weighted by molar-refractivity contribution is -0.136. The van der Waals surface area contributed by atoms with Crippen LogP contribution in [0.15, 0.2) is 18.5 Å². The molecule has 2 aromatic rings. The molecule has 2 aliphatic rings. The molecule has 1 amide bonds. The number of piperidine rings is 2. The highest BCUT2D eigenvalue weighted by molar-refractivity contribution is 7.22. The van der Waals surface area contributed by atoms with Gasteiger partial charge in [-0.1, -0.05) is 11.3 Å². The Hall–Kier alpha value is -1.69. The zero-order valence-electron chi connectivity index (χ0n) is 13.3. The van der Waals surface area contributed by atoms with Gasteiger partial charge in [-0.3, -0.25) is 9.78 Å². The fourth-order valence-corrected chi connectivity index (χ4v) is 4.60. The number of pyridine rings is 1. The third-order valence-corrected chi connectivity index (χ3v) is 5.98. The number of rotatable bonds is 2. The summed E-state index contributed by atoms with van der Waals surface area (Å²) in [5.41, 5.74) is 0.956. The van der Waals surface area contributed by atoms with E-state index in [1.807, 2.05) is 18.5 Å². The average Bonchev–Trinajstić information content (AvgIpc) is 3.06. The van der Waals surface area contributed by atoms with Gasteiger partial charge in [0, 0.05) is 32.4 Å². The molecule has 2 aliphatic heterocycles. The van der Waals surface area contributed by atoms with Crippen molar-refractivity contribution < 1.29 is 4.79 Å². The molecule has 2 fully saturated rings. The van der Waals surface area contributed by atoms with Crippen LogP contribution in [0.5, 0.6) is 0 Å². The third kappa shape index (κ3) is 3.04. The summed E-state index contributed by atoms with van der Waals surface area (Å²) in [5, 5.41) is 1.03. The number of fused-ring (bicyclic) bond motifs is 1. The summed E-state index contributed by atoms with van der Waals surface area (Å²) >= 11 is 1.70. The van der Waals surface area contributed by atoms with Crippen LogP contribution in [-0.4, -0.2) is 47.0 Å². The highest BCUT2D eigenvalue weighted by atomic mass is 32.1. The fraction of sp³-hybridized carbons (Fsp3) is 0.588. The lowest BCUT2D eigenvalue weighted by Gasteiger charge is -2.36. The molecule has 122 valence electrons. The number of likely N-dealkylation sites (tertiary alicyclic amines) is 1. The molecule has 6 heteroatoms. The monoisotopic (exact) mass is 330 g/mol. The maximum atomic E-state index is 12.8. The molecule has 4 heterocycles. The van der Waals surface area contributed by atoms with Gasteiger partial charge < -0.3 is 9.80 Å². The van der Waals surface area contributed by atoms with E-state index >= 15 is 0 Å². The van der Waals surface area contributed by atoms with E-state index in [0.717, 1.165) is 62.5 Å². The molecule has 5 nitrogen and oxygen atoms in total. The lowest BCUT2D eigenvalue weighted by Crippen LogP contribution is -2.46. The Morgan fingerprint density at radius 1 is 1.17 bits per heavy atom. The van der Waals surface area contributed by atoms with Crippen molar-refractivity contribution in [1.82, 2.24) is 14.9 Å². The van der Waals surface area contributed by atoms with Gasteiger partial charge in [0.2, 0.25) is 5.91 Å². The van der Waals surface area contributed by atoms with Crippen molar-refractivity contribution in [2.24, 2.45) is 5.92 Å². The first-order valence-electron chi connectivity index (χ1n) is 8.55. The highest BCUT2D eigenvalue weighted by Gasteiger charge is 2.30. The summed E-state index contributed by atoms with van der Waals surface area (Å²) in [4.78, 5) is 26.0. The number of anilines is 1. The number of amides is 1. The minimum Gasteiger partial charge on any atom is -0.347 e. The van der Waals surface area contributed by atoms with Gasteiger partial charge in [0.05, 0.1) is 16.8 Å². The van der Waals surface area contributed by atoms with Crippen LogP contribution < -0.4 is 4.90 Å². The number of thiazole rings is 1. The third-order valence-electron chi connectivity index (χ3n) is 4.89. The first-order chi connectivity index (χ1) is 11.3. The minimum atomic E-state index is 0.131. The molecule has 0 aromatic carbocycles. The molecular weight excluding hydrogens is 308 g/mol. The van der Waals surface area contributed by atoms with Crippen molar-refractivity contribution in [1.29, 1.82) is 0 Å². The molecular formula is C17H22N4OS. The predicted octanol–water partition coefficient (Wildman–Crippen LogP) is 2.92. The first kappa shape index (κ1) is 14.9. The van der Waals surface area contributed by atoms with Crippen molar-refractivity contribution in [2.45, 2.75) is 32.1 Å². The van der Waals surface area contributed by atoms with Crippen LogP contribution in [0.1, 0.15) is 32.1 Å². The van der Waals surface area contributed by atoms with E-state index in [9.17, 15) is 4.79 Å². The maximum absolute atomic E-state index is 12.8. The number of nitrogens with zero attached hydrogens (tertiary/aromatic N) is 4. The van der Waals surface area contributed by atoms with Gasteiger partial charge >= 0.3 is 0 Å². The largest absolute Gasteiger partial charge is 0.347 e. The molecule has 1 atom stereocenters. The molecule has 2 aromatic heterocycles. The van der Waals surface area contributed by atoms with Crippen molar-refractivity contribution >= 4 is 32.6 Å². The molecule has 0 N–H and O–H groups in total. The second-order valence-corrected chi connectivity index (χ2v) is 7.52. The Morgan fingerprint density at radius 3 is 2.87 bits per heavy atom. The van der Waals surface area contributed by atoms with Gasteiger partial charge in [0.15, 0.2) is 5.13 Å². The molecule has 0 radical (unpaired) electrons. The van der Waals surface area contributed by atoms with E-state index in [1.165, 1.54) is 11.1 Å². The fourth-order valence-electron chi connectivity index (χ4n) is 3.63. The molecule has 1 unspecified atom stereocenters. The van der Waals surface area contributed by atoms with Gasteiger partial charge in [-0.15, -0.1) is 0 Å². The van der Waals surface area contributed by atoms with E-state index in [1.54, 1.807) is 11.3 Å². The van der Waals surface area contributed by atoms with Crippen molar-refractivity contribution in [3.63, 3.8) is 0 Å². The molecule has 0 bridgehead atoms. The zero-order chi connectivity index (χ0) is 15.6. The average molecular weight is 330 g/mol. The van der Waals surface area contributed by atoms with Crippen LogP contribution in [0.25, 0.3) is 10.2 Å². The van der Waals surface area contributed by atoms with Gasteiger partial charge in [-0.05, 0) is 38.2 Å². The summed E-state index contributed by atoms with van der Waals surface area (Å²) in [6.45, 7) is 3.70. The van der Waals surface area contributed by atoms with Crippen molar-refractivity contribution in [3.8, 4) is 0 Å². The maximum Gasteiger partial charge on any atom is 0.227 e. The normalized spacial score (nSPS) is 22.5. The standard InChI is InChI=1S/C17H22N4OS/c22-16(20-8-2-1-3-9-20)13-5-4-10-21(12-13)17-19-14-11-18-7-6-15(14)23-17/h6-7,11,13H,1-5,8-10,12H2. The van der Waals surface area contributed by atoms with Gasteiger partial charge in [0.25, 0.3) is 0 Å². The van der Waals surface area contributed by atoms with Crippen LogP contribution in [0, 0.1) is 5.92 Å². The Balaban J connectivity index is 1.48. The van der Waals surface area contributed by atoms with E-state index in [2.05, 4.69) is 14.8 Å². The minimum absolute atomic E-state index is 0.131. The van der Waals surface area contributed by atoms with E-state index in [0.29, 0.717) is 5.91 Å². The van der Waals surface area contributed by atoms with E-state index < -0.39 is 0 Å². The van der Waals surface area contributed by atoms with E-state index in [-0.39, 0.29) is 5.92 Å². The SMILES string of the molecule is O=C(C1CCCN(c2nc3cnccc3s2)C1)N1CCCCC1. The highest BCUT2D eigenvalue weighted by Crippen LogP contribution is 2.31. The van der Waals surface area contributed by atoms with Crippen molar-refractivity contribution in [3.05, 3.63) is 18.5 Å². The Bertz CT molecular complexity index is 662. The summed E-state index contributed by atoms with van der Waals surface area (Å²) in [7, 11) is 0. The summed E-state index contributed by atoms with van der Waals surface area (Å²) in [6, 6.07) is 2.01. The number of carbonyl (C=O) groups is 1. The predicted molar refractivity (Wildman–Crippen MR) is 92.8 cm³/mol. The molecule has 0 spiro atoms. The second kappa shape index (κ2) is 6.43. The molecule has 4 rings (SSSR count). The van der Waals surface area contributed by atoms with Crippen LogP contribution in [-0.2, 0) is 4.79 Å².